The number of hydrogen-bond donors (Lipinski definition) is 1. The highest BCUT2D eigenvalue weighted by Crippen LogP contribution is 2.51. The molecule has 4 atom stereocenters. The summed E-state index contributed by atoms with van der Waals surface area (Å²) in [7, 11) is -2.87. The summed E-state index contributed by atoms with van der Waals surface area (Å²) in [6, 6.07) is 33.2. The molecule has 0 bridgehead atoms. The summed E-state index contributed by atoms with van der Waals surface area (Å²) in [5.74, 6) is -0.535. The van der Waals surface area contributed by atoms with E-state index in [-0.39, 0.29) is 52.5 Å². The van der Waals surface area contributed by atoms with Crippen molar-refractivity contribution in [1.82, 2.24) is 4.90 Å². The minimum Gasteiger partial charge on any atom is -0.507 e. The normalized spacial score (nSPS) is 23.8. The SMILES string of the molecule is C/C(=C\c1ccc(O)c2ccccc12)CC[C@H]1OC[C@H]2C1=C(CO[Si](c1ccccc1)(c1ccccc1)C(C)(C)C)C[C@H]1C(=O)N(C3CCCCC3)C(=O)[C@H]12. The van der Waals surface area contributed by atoms with Gasteiger partial charge >= 0.3 is 0 Å². The van der Waals surface area contributed by atoms with Crippen molar-refractivity contribution < 1.29 is 23.9 Å². The molecule has 286 valence electrons. The Bertz CT molecular complexity index is 2070. The summed E-state index contributed by atoms with van der Waals surface area (Å²) in [5, 5.41) is 14.6. The lowest BCUT2D eigenvalue weighted by Gasteiger charge is -2.44. The van der Waals surface area contributed by atoms with Gasteiger partial charge in [-0.25, -0.2) is 0 Å². The highest BCUT2D eigenvalue weighted by atomic mass is 28.4. The highest BCUT2D eigenvalue weighted by molar-refractivity contribution is 6.99. The fourth-order valence-corrected chi connectivity index (χ4v) is 15.0. The molecule has 4 aliphatic rings. The average molecular weight is 754 g/mol. The number of imide groups is 1. The molecule has 4 aromatic rings. The number of nitrogens with zero attached hydrogens (tertiary/aromatic N) is 1. The van der Waals surface area contributed by atoms with Crippen molar-refractivity contribution in [3.63, 3.8) is 0 Å². The zero-order valence-electron chi connectivity index (χ0n) is 32.8. The van der Waals surface area contributed by atoms with Gasteiger partial charge in [0.1, 0.15) is 5.75 Å². The van der Waals surface area contributed by atoms with Gasteiger partial charge in [0.25, 0.3) is 8.32 Å². The van der Waals surface area contributed by atoms with Crippen molar-refractivity contribution >= 4 is 47.4 Å². The van der Waals surface area contributed by atoms with E-state index in [0.29, 0.717) is 19.6 Å². The first-order valence-electron chi connectivity index (χ1n) is 20.4. The number of carbonyl (C=O) groups excluding carboxylic acids is 2. The molecule has 0 spiro atoms. The number of ether oxygens (including phenoxy) is 1. The molecular formula is C48H55NO5Si. The van der Waals surface area contributed by atoms with Crippen molar-refractivity contribution in [2.24, 2.45) is 17.8 Å². The van der Waals surface area contributed by atoms with E-state index in [0.717, 1.165) is 60.4 Å². The molecule has 0 aromatic heterocycles. The van der Waals surface area contributed by atoms with Gasteiger partial charge in [-0.05, 0) is 82.6 Å². The average Bonchev–Trinajstić information content (AvgIpc) is 3.73. The van der Waals surface area contributed by atoms with Crippen LogP contribution in [0.15, 0.2) is 114 Å². The highest BCUT2D eigenvalue weighted by Gasteiger charge is 2.59. The molecule has 55 heavy (non-hydrogen) atoms. The van der Waals surface area contributed by atoms with E-state index in [1.54, 1.807) is 11.0 Å². The van der Waals surface area contributed by atoms with Crippen LogP contribution in [-0.4, -0.2) is 55.5 Å². The number of fused-ring (bicyclic) bond motifs is 4. The molecule has 2 heterocycles. The van der Waals surface area contributed by atoms with Gasteiger partial charge in [-0.2, -0.15) is 0 Å². The fourth-order valence-electron chi connectivity index (χ4n) is 10.4. The van der Waals surface area contributed by atoms with Gasteiger partial charge in [-0.15, -0.1) is 0 Å². The number of hydrogen-bond acceptors (Lipinski definition) is 5. The Hall–Kier alpha value is -4.30. The molecule has 4 aromatic carbocycles. The quantitative estimate of drug-likeness (QED) is 0.0995. The smallest absolute Gasteiger partial charge is 0.261 e. The predicted octanol–water partition coefficient (Wildman–Crippen LogP) is 8.95. The first-order chi connectivity index (χ1) is 26.6. The fraction of sp³-hybridized carbons (Fsp3) is 0.417. The van der Waals surface area contributed by atoms with Crippen LogP contribution in [0.25, 0.3) is 16.8 Å². The maximum Gasteiger partial charge on any atom is 0.261 e. The number of carbonyl (C=O) groups is 2. The van der Waals surface area contributed by atoms with Crippen LogP contribution in [0.3, 0.4) is 0 Å². The standard InChI is InChI=1S/C48H55NO5Si/c1-32(28-33-25-26-42(50)39-23-15-14-22-38(33)39)24-27-43-44-34(29-40-45(41(44)31-53-43)47(52)49(46(40)51)35-16-8-5-9-17-35)30-54-55(48(2,3)4,36-18-10-6-11-19-36)37-20-12-7-13-21-37/h6-7,10-15,18-23,25-26,28,35,40-41,43,45,50H,5,8-9,16-17,24,27,29-31H2,1-4H3/b32-28+/t40-,41+,43-,45-/m1/s1. The molecule has 2 amide bonds. The Labute approximate surface area is 327 Å². The molecule has 6 nitrogen and oxygen atoms in total. The molecule has 2 aliphatic heterocycles. The van der Waals surface area contributed by atoms with Gasteiger partial charge in [0.2, 0.25) is 11.8 Å². The van der Waals surface area contributed by atoms with E-state index in [1.165, 1.54) is 27.9 Å². The van der Waals surface area contributed by atoms with Crippen LogP contribution >= 0.6 is 0 Å². The number of phenolic OH excluding ortho intramolecular Hbond substituents is 1. The molecule has 2 saturated heterocycles. The Morgan fingerprint density at radius 3 is 2.13 bits per heavy atom. The second kappa shape index (κ2) is 15.3. The Kier molecular flexibility index (Phi) is 10.5. The summed E-state index contributed by atoms with van der Waals surface area (Å²) in [4.78, 5) is 30.5. The molecule has 0 unspecified atom stereocenters. The molecular weight excluding hydrogens is 699 g/mol. The lowest BCUT2D eigenvalue weighted by molar-refractivity contribution is -0.143. The van der Waals surface area contributed by atoms with Crippen LogP contribution in [0, 0.1) is 17.8 Å². The second-order valence-electron chi connectivity index (χ2n) is 17.4. The Morgan fingerprint density at radius 1 is 0.836 bits per heavy atom. The predicted molar refractivity (Wildman–Crippen MR) is 223 cm³/mol. The molecule has 1 N–H and O–H groups in total. The van der Waals surface area contributed by atoms with Crippen molar-refractivity contribution in [3.8, 4) is 5.75 Å². The van der Waals surface area contributed by atoms with E-state index in [9.17, 15) is 14.7 Å². The van der Waals surface area contributed by atoms with E-state index in [1.807, 2.05) is 24.3 Å². The third kappa shape index (κ3) is 6.83. The number of phenols is 1. The first kappa shape index (κ1) is 37.6. The Morgan fingerprint density at radius 2 is 1.47 bits per heavy atom. The number of likely N-dealkylation sites (tertiary alicyclic amines) is 1. The lowest BCUT2D eigenvalue weighted by atomic mass is 9.69. The van der Waals surface area contributed by atoms with E-state index in [4.69, 9.17) is 9.16 Å². The summed E-state index contributed by atoms with van der Waals surface area (Å²) in [6.45, 7) is 9.91. The van der Waals surface area contributed by atoms with Crippen LogP contribution in [0.5, 0.6) is 5.75 Å². The molecule has 0 radical (unpaired) electrons. The van der Waals surface area contributed by atoms with Crippen molar-refractivity contribution in [1.29, 1.82) is 0 Å². The van der Waals surface area contributed by atoms with E-state index >= 15 is 0 Å². The third-order valence-electron chi connectivity index (χ3n) is 13.0. The lowest BCUT2D eigenvalue weighted by Crippen LogP contribution is -2.66. The number of benzene rings is 4. The monoisotopic (exact) mass is 753 g/mol. The topological polar surface area (TPSA) is 76.1 Å². The van der Waals surface area contributed by atoms with Crippen LogP contribution in [0.2, 0.25) is 5.04 Å². The zero-order valence-corrected chi connectivity index (χ0v) is 33.8. The van der Waals surface area contributed by atoms with Crippen LogP contribution < -0.4 is 10.4 Å². The van der Waals surface area contributed by atoms with E-state index in [2.05, 4.69) is 101 Å². The van der Waals surface area contributed by atoms with Crippen molar-refractivity contribution in [2.45, 2.75) is 96.2 Å². The number of aromatic hydroxyl groups is 1. The van der Waals surface area contributed by atoms with Crippen LogP contribution in [0.4, 0.5) is 0 Å². The van der Waals surface area contributed by atoms with Gasteiger partial charge in [0.05, 0.1) is 31.2 Å². The van der Waals surface area contributed by atoms with Crippen molar-refractivity contribution in [3.05, 3.63) is 119 Å². The first-order valence-corrected chi connectivity index (χ1v) is 22.3. The molecule has 8 rings (SSSR count). The van der Waals surface area contributed by atoms with E-state index < -0.39 is 8.32 Å². The van der Waals surface area contributed by atoms with Crippen LogP contribution in [0.1, 0.15) is 84.6 Å². The van der Waals surface area contributed by atoms with Crippen molar-refractivity contribution in [2.75, 3.05) is 13.2 Å². The van der Waals surface area contributed by atoms with Gasteiger partial charge in [-0.3, -0.25) is 14.5 Å². The Balaban J connectivity index is 1.15. The van der Waals surface area contributed by atoms with Gasteiger partial charge in [-0.1, -0.05) is 143 Å². The maximum absolute atomic E-state index is 14.4. The van der Waals surface area contributed by atoms with Crippen LogP contribution in [-0.2, 0) is 18.8 Å². The minimum atomic E-state index is -2.87. The van der Waals surface area contributed by atoms with Gasteiger partial charge in [0, 0.05) is 17.3 Å². The molecule has 3 fully saturated rings. The number of amides is 2. The third-order valence-corrected chi connectivity index (χ3v) is 18.0. The zero-order chi connectivity index (χ0) is 38.3. The summed E-state index contributed by atoms with van der Waals surface area (Å²) < 4.78 is 14.3. The molecule has 1 saturated carbocycles. The second-order valence-corrected chi connectivity index (χ2v) is 21.7. The maximum atomic E-state index is 14.4. The number of allylic oxidation sites excluding steroid dienone is 1. The molecule has 2 aliphatic carbocycles. The minimum absolute atomic E-state index is 0.0153. The summed E-state index contributed by atoms with van der Waals surface area (Å²) in [5.41, 5.74) is 4.65. The molecule has 7 heteroatoms. The largest absolute Gasteiger partial charge is 0.507 e. The van der Waals surface area contributed by atoms with Gasteiger partial charge in [0.15, 0.2) is 0 Å². The number of rotatable bonds is 10. The summed E-state index contributed by atoms with van der Waals surface area (Å²) in [6.07, 6.45) is 9.31. The van der Waals surface area contributed by atoms with Gasteiger partial charge < -0.3 is 14.3 Å². The summed E-state index contributed by atoms with van der Waals surface area (Å²) >= 11 is 0.